The third-order valence-corrected chi connectivity index (χ3v) is 5.85. The molecule has 1 N–H and O–H groups in total. The summed E-state index contributed by atoms with van der Waals surface area (Å²) in [5.41, 5.74) is 2.58. The van der Waals surface area contributed by atoms with E-state index in [4.69, 9.17) is 4.74 Å². The summed E-state index contributed by atoms with van der Waals surface area (Å²) in [6.07, 6.45) is 5.76. The third kappa shape index (κ3) is 9.27. The fourth-order valence-electron chi connectivity index (χ4n) is 4.15. The van der Waals surface area contributed by atoms with Crippen LogP contribution >= 0.6 is 0 Å². The van der Waals surface area contributed by atoms with Crippen LogP contribution in [0, 0.1) is 0 Å². The summed E-state index contributed by atoms with van der Waals surface area (Å²) in [5.74, 6) is -0.197. The second kappa shape index (κ2) is 13.2. The molecule has 0 radical (unpaired) electrons. The molecule has 5 heteroatoms. The van der Waals surface area contributed by atoms with Crippen LogP contribution in [-0.2, 0) is 22.6 Å². The number of unbranched alkanes of at least 4 members (excludes halogenated alkanes) is 1. The molecule has 186 valence electrons. The van der Waals surface area contributed by atoms with Crippen molar-refractivity contribution in [3.8, 4) is 0 Å². The Balaban J connectivity index is 1.74. The number of aliphatic hydroxyl groups excluding tert-OH is 1. The van der Waals surface area contributed by atoms with E-state index in [0.717, 1.165) is 29.5 Å². The number of carbonyl (C=O) groups excluding carboxylic acids is 1. The van der Waals surface area contributed by atoms with Gasteiger partial charge >= 0.3 is 5.97 Å². The molecule has 0 spiro atoms. The van der Waals surface area contributed by atoms with E-state index >= 15 is 0 Å². The summed E-state index contributed by atoms with van der Waals surface area (Å²) in [7, 11) is 0. The molecule has 0 bridgehead atoms. The molecule has 0 amide bonds. The molecule has 0 aliphatic heterocycles. The van der Waals surface area contributed by atoms with E-state index in [1.807, 2.05) is 69.3 Å². The topological polar surface area (TPSA) is 62.7 Å². The van der Waals surface area contributed by atoms with Crippen LogP contribution in [0.15, 0.2) is 85.2 Å². The molecule has 0 fully saturated rings. The van der Waals surface area contributed by atoms with Gasteiger partial charge in [0.25, 0.3) is 0 Å². The zero-order valence-electron chi connectivity index (χ0n) is 21.1. The minimum absolute atomic E-state index is 0.197. The summed E-state index contributed by atoms with van der Waals surface area (Å²) >= 11 is 0. The Morgan fingerprint density at radius 2 is 1.46 bits per heavy atom. The first-order valence-electron chi connectivity index (χ1n) is 12.4. The quantitative estimate of drug-likeness (QED) is 0.254. The van der Waals surface area contributed by atoms with Gasteiger partial charge in [-0.25, -0.2) is 0 Å². The number of aliphatic hydroxyl groups is 1. The van der Waals surface area contributed by atoms with Crippen molar-refractivity contribution < 1.29 is 14.6 Å². The molecule has 1 heterocycles. The number of nitrogens with zero attached hydrogens (tertiary/aromatic N) is 2. The van der Waals surface area contributed by atoms with Crippen molar-refractivity contribution in [2.75, 3.05) is 0 Å². The van der Waals surface area contributed by atoms with E-state index in [2.05, 4.69) is 34.1 Å². The van der Waals surface area contributed by atoms with Crippen LogP contribution < -0.4 is 0 Å². The van der Waals surface area contributed by atoms with Gasteiger partial charge in [-0.15, -0.1) is 0 Å². The zero-order chi connectivity index (χ0) is 25.1. The highest BCUT2D eigenvalue weighted by atomic mass is 16.6. The molecule has 3 aromatic rings. The molecule has 2 aromatic carbocycles. The Hall–Kier alpha value is -3.02. The third-order valence-electron chi connectivity index (χ3n) is 5.85. The second-order valence-corrected chi connectivity index (χ2v) is 10.0. The predicted octanol–water partition coefficient (Wildman–Crippen LogP) is 6.09. The summed E-state index contributed by atoms with van der Waals surface area (Å²) in [5, 5.41) is 10.5. The first kappa shape index (κ1) is 26.6. The second-order valence-electron chi connectivity index (χ2n) is 10.0. The molecule has 2 unspecified atom stereocenters. The minimum atomic E-state index is -0.559. The maximum absolute atomic E-state index is 13.4. The van der Waals surface area contributed by atoms with Gasteiger partial charge in [-0.3, -0.25) is 14.7 Å². The first-order valence-corrected chi connectivity index (χ1v) is 12.4. The van der Waals surface area contributed by atoms with Crippen molar-refractivity contribution >= 4 is 5.97 Å². The largest absolute Gasteiger partial charge is 0.459 e. The van der Waals surface area contributed by atoms with E-state index in [-0.39, 0.29) is 12.0 Å². The van der Waals surface area contributed by atoms with Gasteiger partial charge < -0.3 is 9.84 Å². The molecule has 3 rings (SSSR count). The molecule has 0 aliphatic rings. The van der Waals surface area contributed by atoms with E-state index < -0.39 is 11.7 Å². The Labute approximate surface area is 209 Å². The number of aromatic nitrogens is 1. The average Bonchev–Trinajstić information content (AvgIpc) is 2.84. The summed E-state index contributed by atoms with van der Waals surface area (Å²) in [6.45, 7) is 7.02. The van der Waals surface area contributed by atoms with Gasteiger partial charge in [0.05, 0.1) is 6.10 Å². The van der Waals surface area contributed by atoms with Gasteiger partial charge in [0.2, 0.25) is 0 Å². The molecule has 0 aliphatic carbocycles. The Bertz CT molecular complexity index is 963. The lowest BCUT2D eigenvalue weighted by atomic mass is 10.0. The first-order chi connectivity index (χ1) is 16.8. The Morgan fingerprint density at radius 1 is 0.886 bits per heavy atom. The van der Waals surface area contributed by atoms with E-state index in [1.54, 1.807) is 12.4 Å². The van der Waals surface area contributed by atoms with Crippen molar-refractivity contribution in [2.24, 2.45) is 0 Å². The highest BCUT2D eigenvalue weighted by Gasteiger charge is 2.30. The Morgan fingerprint density at radius 3 is 1.97 bits per heavy atom. The molecular weight excluding hydrogens is 436 g/mol. The van der Waals surface area contributed by atoms with Crippen molar-refractivity contribution in [3.63, 3.8) is 0 Å². The van der Waals surface area contributed by atoms with Gasteiger partial charge in [-0.05, 0) is 56.4 Å². The number of hydrogen-bond donors (Lipinski definition) is 1. The van der Waals surface area contributed by atoms with Crippen LogP contribution in [0.1, 0.15) is 69.2 Å². The van der Waals surface area contributed by atoms with Crippen LogP contribution in [0.25, 0.3) is 0 Å². The number of pyridine rings is 1. The van der Waals surface area contributed by atoms with Crippen molar-refractivity contribution in [1.82, 2.24) is 9.88 Å². The number of rotatable bonds is 12. The number of benzene rings is 2. The highest BCUT2D eigenvalue weighted by molar-refractivity contribution is 5.76. The van der Waals surface area contributed by atoms with Crippen LogP contribution in [0.4, 0.5) is 0 Å². The average molecular weight is 475 g/mol. The maximum atomic E-state index is 13.4. The van der Waals surface area contributed by atoms with Gasteiger partial charge in [-0.2, -0.15) is 0 Å². The number of hydrogen-bond acceptors (Lipinski definition) is 5. The fraction of sp³-hybridized carbons (Fsp3) is 0.400. The van der Waals surface area contributed by atoms with Gasteiger partial charge in [0, 0.05) is 25.5 Å². The van der Waals surface area contributed by atoms with Crippen molar-refractivity contribution in [1.29, 1.82) is 0 Å². The number of ether oxygens (including phenoxy) is 1. The minimum Gasteiger partial charge on any atom is -0.459 e. The molecule has 2 atom stereocenters. The normalized spacial score (nSPS) is 13.4. The highest BCUT2D eigenvalue weighted by Crippen LogP contribution is 2.23. The van der Waals surface area contributed by atoms with E-state index in [1.165, 1.54) is 0 Å². The summed E-state index contributed by atoms with van der Waals surface area (Å²) in [6, 6.07) is 23.8. The molecule has 0 saturated carbocycles. The SMILES string of the molecule is CC(C)(C)OC(=O)C(CCCCC(O)c1cccnc1)N(Cc1ccccc1)Cc1ccccc1. The molecule has 35 heavy (non-hydrogen) atoms. The van der Waals surface area contributed by atoms with Crippen molar-refractivity contribution in [3.05, 3.63) is 102 Å². The molecule has 1 aromatic heterocycles. The van der Waals surface area contributed by atoms with Gasteiger partial charge in [0.15, 0.2) is 0 Å². The maximum Gasteiger partial charge on any atom is 0.323 e. The van der Waals surface area contributed by atoms with E-state index in [9.17, 15) is 9.90 Å². The number of esters is 1. The standard InChI is InChI=1S/C30H38N2O3/c1-30(2,3)35-29(34)27(18-10-11-19-28(33)26-17-12-20-31-21-26)32(22-24-13-6-4-7-14-24)23-25-15-8-5-9-16-25/h4-9,12-17,20-21,27-28,33H,10-11,18-19,22-23H2,1-3H3. The zero-order valence-corrected chi connectivity index (χ0v) is 21.1. The smallest absolute Gasteiger partial charge is 0.323 e. The lowest BCUT2D eigenvalue weighted by Crippen LogP contribution is -2.43. The van der Waals surface area contributed by atoms with Gasteiger partial charge in [0.1, 0.15) is 11.6 Å². The lowest BCUT2D eigenvalue weighted by Gasteiger charge is -2.33. The molecule has 0 saturated heterocycles. The molecular formula is C30H38N2O3. The summed E-state index contributed by atoms with van der Waals surface area (Å²) in [4.78, 5) is 19.7. The van der Waals surface area contributed by atoms with E-state index in [0.29, 0.717) is 25.9 Å². The van der Waals surface area contributed by atoms with Gasteiger partial charge in [-0.1, -0.05) is 79.6 Å². The lowest BCUT2D eigenvalue weighted by molar-refractivity contribution is -0.162. The fourth-order valence-corrected chi connectivity index (χ4v) is 4.15. The monoisotopic (exact) mass is 474 g/mol. The van der Waals surface area contributed by atoms with Crippen molar-refractivity contribution in [2.45, 2.75) is 77.3 Å². The van der Waals surface area contributed by atoms with Crippen LogP contribution in [0.3, 0.4) is 0 Å². The number of carbonyl (C=O) groups is 1. The Kier molecular flexibility index (Phi) is 10.0. The predicted molar refractivity (Wildman–Crippen MR) is 139 cm³/mol. The van der Waals surface area contributed by atoms with Crippen LogP contribution in [-0.4, -0.2) is 32.6 Å². The summed E-state index contributed by atoms with van der Waals surface area (Å²) < 4.78 is 5.87. The van der Waals surface area contributed by atoms with Crippen LogP contribution in [0.5, 0.6) is 0 Å². The van der Waals surface area contributed by atoms with Crippen LogP contribution in [0.2, 0.25) is 0 Å². The molecule has 5 nitrogen and oxygen atoms in total.